The highest BCUT2D eigenvalue weighted by Crippen LogP contribution is 2.24. The quantitative estimate of drug-likeness (QED) is 0.855. The molecule has 5 heteroatoms. The molecule has 0 saturated carbocycles. The Balaban J connectivity index is 2.10. The van der Waals surface area contributed by atoms with Gasteiger partial charge in [-0.15, -0.1) is 0 Å². The van der Waals surface area contributed by atoms with Crippen molar-refractivity contribution in [2.75, 3.05) is 18.9 Å². The number of hydrogen-bond acceptors (Lipinski definition) is 4. The van der Waals surface area contributed by atoms with E-state index in [9.17, 15) is 4.79 Å². The Labute approximate surface area is 114 Å². The van der Waals surface area contributed by atoms with Crippen molar-refractivity contribution in [1.82, 2.24) is 9.88 Å². The summed E-state index contributed by atoms with van der Waals surface area (Å²) in [4.78, 5) is 18.0. The molecule has 2 heterocycles. The first-order valence-corrected chi connectivity index (χ1v) is 6.76. The van der Waals surface area contributed by atoms with E-state index in [1.165, 1.54) is 0 Å². The van der Waals surface area contributed by atoms with Gasteiger partial charge in [-0.1, -0.05) is 6.07 Å². The number of nitrogens with two attached hydrogens (primary N) is 1. The van der Waals surface area contributed by atoms with E-state index in [2.05, 4.69) is 28.2 Å². The Morgan fingerprint density at radius 1 is 1.58 bits per heavy atom. The lowest BCUT2D eigenvalue weighted by molar-refractivity contribution is -0.124. The van der Waals surface area contributed by atoms with Crippen LogP contribution in [0.4, 0.5) is 5.82 Å². The zero-order chi connectivity index (χ0) is 13.8. The topological polar surface area (TPSA) is 71.2 Å². The van der Waals surface area contributed by atoms with Crippen molar-refractivity contribution >= 4 is 11.7 Å². The number of likely N-dealkylation sites (tertiary alicyclic amines) is 1. The van der Waals surface area contributed by atoms with Gasteiger partial charge in [-0.2, -0.15) is 0 Å². The first-order chi connectivity index (χ1) is 9.11. The molecule has 0 spiro atoms. The first kappa shape index (κ1) is 13.8. The summed E-state index contributed by atoms with van der Waals surface area (Å²) in [7, 11) is 1.87. The zero-order valence-electron chi connectivity index (χ0n) is 11.6. The average molecular weight is 262 g/mol. The second-order valence-corrected chi connectivity index (χ2v) is 5.22. The van der Waals surface area contributed by atoms with Gasteiger partial charge in [0.05, 0.1) is 5.92 Å². The number of anilines is 1. The molecule has 1 aliphatic heterocycles. The minimum atomic E-state index is -0.183. The predicted molar refractivity (Wildman–Crippen MR) is 75.6 cm³/mol. The smallest absolute Gasteiger partial charge is 0.221 e. The van der Waals surface area contributed by atoms with Gasteiger partial charge >= 0.3 is 0 Å². The molecule has 2 atom stereocenters. The Bertz CT molecular complexity index is 449. The summed E-state index contributed by atoms with van der Waals surface area (Å²) >= 11 is 0. The van der Waals surface area contributed by atoms with Crippen molar-refractivity contribution in [3.8, 4) is 0 Å². The van der Waals surface area contributed by atoms with Crippen LogP contribution in [0.2, 0.25) is 0 Å². The third kappa shape index (κ3) is 3.23. The van der Waals surface area contributed by atoms with Crippen molar-refractivity contribution in [3.63, 3.8) is 0 Å². The van der Waals surface area contributed by atoms with Crippen LogP contribution in [0.1, 0.15) is 25.3 Å². The number of aromatic nitrogens is 1. The van der Waals surface area contributed by atoms with E-state index >= 15 is 0 Å². The maximum atomic E-state index is 11.4. The number of rotatable bonds is 4. The molecule has 1 fully saturated rings. The van der Waals surface area contributed by atoms with Crippen molar-refractivity contribution in [1.29, 1.82) is 0 Å². The number of primary amides is 1. The highest BCUT2D eigenvalue weighted by molar-refractivity contribution is 5.77. The molecule has 2 unspecified atom stereocenters. The fraction of sp³-hybridized carbons (Fsp3) is 0.571. The van der Waals surface area contributed by atoms with E-state index in [0.29, 0.717) is 6.04 Å². The normalized spacial score (nSPS) is 24.1. The maximum absolute atomic E-state index is 11.4. The summed E-state index contributed by atoms with van der Waals surface area (Å²) in [5.74, 6) is 0.693. The number of amides is 1. The third-order valence-electron chi connectivity index (χ3n) is 3.92. The molecule has 1 aliphatic rings. The standard InChI is InChI=1S/C14H22N4O/c1-10-5-6-11(13(15)19)8-18(10)9-12-4-3-7-17-14(12)16-2/h3-4,7,10-11H,5-6,8-9H2,1-2H3,(H2,15,19)(H,16,17). The van der Waals surface area contributed by atoms with E-state index in [1.807, 2.05) is 13.1 Å². The van der Waals surface area contributed by atoms with Gasteiger partial charge in [0.1, 0.15) is 5.82 Å². The van der Waals surface area contributed by atoms with Crippen LogP contribution in [0.3, 0.4) is 0 Å². The predicted octanol–water partition coefficient (Wildman–Crippen LogP) is 1.21. The van der Waals surface area contributed by atoms with Gasteiger partial charge < -0.3 is 11.1 Å². The van der Waals surface area contributed by atoms with Gasteiger partial charge in [-0.25, -0.2) is 4.98 Å². The van der Waals surface area contributed by atoms with Crippen LogP contribution in [0.15, 0.2) is 18.3 Å². The molecule has 19 heavy (non-hydrogen) atoms. The van der Waals surface area contributed by atoms with Crippen LogP contribution in [0.5, 0.6) is 0 Å². The average Bonchev–Trinajstić information content (AvgIpc) is 2.41. The molecule has 1 aromatic heterocycles. The van der Waals surface area contributed by atoms with E-state index in [4.69, 9.17) is 5.73 Å². The van der Waals surface area contributed by atoms with Crippen molar-refractivity contribution in [3.05, 3.63) is 23.9 Å². The summed E-state index contributed by atoms with van der Waals surface area (Å²) < 4.78 is 0. The first-order valence-electron chi connectivity index (χ1n) is 6.76. The number of pyridine rings is 1. The molecular weight excluding hydrogens is 240 g/mol. The number of piperidine rings is 1. The number of carbonyl (C=O) groups is 1. The van der Waals surface area contributed by atoms with Crippen LogP contribution in [0, 0.1) is 5.92 Å². The van der Waals surface area contributed by atoms with Gasteiger partial charge in [-0.3, -0.25) is 9.69 Å². The lowest BCUT2D eigenvalue weighted by atomic mass is 9.92. The Morgan fingerprint density at radius 3 is 3.05 bits per heavy atom. The fourth-order valence-corrected chi connectivity index (χ4v) is 2.64. The number of nitrogens with zero attached hydrogens (tertiary/aromatic N) is 2. The second-order valence-electron chi connectivity index (χ2n) is 5.22. The SMILES string of the molecule is CNc1ncccc1CN1CC(C(N)=O)CCC1C. The highest BCUT2D eigenvalue weighted by Gasteiger charge is 2.28. The van der Waals surface area contributed by atoms with Gasteiger partial charge in [0.25, 0.3) is 0 Å². The molecule has 0 radical (unpaired) electrons. The number of hydrogen-bond donors (Lipinski definition) is 2. The molecule has 3 N–H and O–H groups in total. The third-order valence-corrected chi connectivity index (χ3v) is 3.92. The van der Waals surface area contributed by atoms with Crippen molar-refractivity contribution < 1.29 is 4.79 Å². The van der Waals surface area contributed by atoms with Crippen molar-refractivity contribution in [2.45, 2.75) is 32.4 Å². The lowest BCUT2D eigenvalue weighted by Crippen LogP contribution is -2.45. The summed E-state index contributed by atoms with van der Waals surface area (Å²) in [5, 5.41) is 3.10. The minimum Gasteiger partial charge on any atom is -0.373 e. The van der Waals surface area contributed by atoms with E-state index in [1.54, 1.807) is 6.20 Å². The largest absolute Gasteiger partial charge is 0.373 e. The maximum Gasteiger partial charge on any atom is 0.221 e. The van der Waals surface area contributed by atoms with E-state index in [0.717, 1.165) is 37.3 Å². The van der Waals surface area contributed by atoms with Crippen molar-refractivity contribution in [2.24, 2.45) is 11.7 Å². The van der Waals surface area contributed by atoms with Crippen LogP contribution in [-0.4, -0.2) is 35.4 Å². The van der Waals surface area contributed by atoms with E-state index in [-0.39, 0.29) is 11.8 Å². The summed E-state index contributed by atoms with van der Waals surface area (Å²) in [6.45, 7) is 3.75. The Hall–Kier alpha value is -1.62. The molecule has 0 bridgehead atoms. The molecule has 2 rings (SSSR count). The van der Waals surface area contributed by atoms with Crippen LogP contribution in [0.25, 0.3) is 0 Å². The molecule has 5 nitrogen and oxygen atoms in total. The summed E-state index contributed by atoms with van der Waals surface area (Å²) in [6, 6.07) is 4.48. The lowest BCUT2D eigenvalue weighted by Gasteiger charge is -2.37. The van der Waals surface area contributed by atoms with Gasteiger partial charge in [0.15, 0.2) is 0 Å². The number of nitrogens with one attached hydrogen (secondary N) is 1. The molecule has 1 aromatic rings. The number of carbonyl (C=O) groups excluding carboxylic acids is 1. The molecule has 1 amide bonds. The fourth-order valence-electron chi connectivity index (χ4n) is 2.64. The van der Waals surface area contributed by atoms with Crippen LogP contribution >= 0.6 is 0 Å². The van der Waals surface area contributed by atoms with Gasteiger partial charge in [0, 0.05) is 37.9 Å². The monoisotopic (exact) mass is 262 g/mol. The second kappa shape index (κ2) is 6.02. The molecule has 0 aliphatic carbocycles. The van der Waals surface area contributed by atoms with Crippen LogP contribution in [-0.2, 0) is 11.3 Å². The molecule has 0 aromatic carbocycles. The zero-order valence-corrected chi connectivity index (χ0v) is 11.6. The summed E-state index contributed by atoms with van der Waals surface area (Å²) in [5.41, 5.74) is 6.59. The van der Waals surface area contributed by atoms with Gasteiger partial charge in [-0.05, 0) is 25.8 Å². The molecule has 104 valence electrons. The molecule has 1 saturated heterocycles. The Kier molecular flexibility index (Phi) is 4.37. The summed E-state index contributed by atoms with van der Waals surface area (Å²) in [6.07, 6.45) is 3.70. The minimum absolute atomic E-state index is 0.0223. The van der Waals surface area contributed by atoms with Gasteiger partial charge in [0.2, 0.25) is 5.91 Å². The molecular formula is C14H22N4O. The van der Waals surface area contributed by atoms with E-state index < -0.39 is 0 Å². The van der Waals surface area contributed by atoms with Crippen LogP contribution < -0.4 is 11.1 Å². The Morgan fingerprint density at radius 2 is 2.37 bits per heavy atom. The highest BCUT2D eigenvalue weighted by atomic mass is 16.1.